The van der Waals surface area contributed by atoms with Crippen molar-refractivity contribution < 1.29 is 14.5 Å². The molecule has 32 heavy (non-hydrogen) atoms. The topological polar surface area (TPSA) is 108 Å². The van der Waals surface area contributed by atoms with Crippen LogP contribution >= 0.6 is 0 Å². The molecule has 2 amide bonds. The van der Waals surface area contributed by atoms with E-state index in [4.69, 9.17) is 5.26 Å². The van der Waals surface area contributed by atoms with Crippen LogP contribution in [0.3, 0.4) is 0 Å². The SMILES string of the molecule is CN(C1=C(c2ccc([N+](=O)[O-])cc2)C(=O)N(c2ccc(C#N)cc2)C1=O)c1ccccc1. The van der Waals surface area contributed by atoms with E-state index in [1.165, 1.54) is 48.5 Å². The number of non-ortho nitro benzene ring substituents is 1. The van der Waals surface area contributed by atoms with Gasteiger partial charge in [-0.2, -0.15) is 5.26 Å². The van der Waals surface area contributed by atoms with Gasteiger partial charge in [-0.1, -0.05) is 18.2 Å². The molecule has 0 spiro atoms. The van der Waals surface area contributed by atoms with Gasteiger partial charge in [0.05, 0.1) is 27.8 Å². The number of amides is 2. The van der Waals surface area contributed by atoms with Crippen LogP contribution in [-0.2, 0) is 9.59 Å². The maximum atomic E-state index is 13.5. The third-order valence-electron chi connectivity index (χ3n) is 5.16. The third kappa shape index (κ3) is 3.48. The minimum atomic E-state index is -0.550. The number of para-hydroxylation sites is 1. The molecule has 0 fully saturated rings. The molecule has 0 saturated carbocycles. The number of imide groups is 1. The lowest BCUT2D eigenvalue weighted by Gasteiger charge is -2.21. The minimum absolute atomic E-state index is 0.118. The first-order valence-corrected chi connectivity index (χ1v) is 9.59. The van der Waals surface area contributed by atoms with Gasteiger partial charge in [0.15, 0.2) is 0 Å². The van der Waals surface area contributed by atoms with Gasteiger partial charge in [-0.05, 0) is 54.1 Å². The third-order valence-corrected chi connectivity index (χ3v) is 5.16. The van der Waals surface area contributed by atoms with E-state index in [0.29, 0.717) is 22.5 Å². The van der Waals surface area contributed by atoms with Crippen LogP contribution in [-0.4, -0.2) is 23.8 Å². The average Bonchev–Trinajstić information content (AvgIpc) is 3.09. The van der Waals surface area contributed by atoms with Crippen molar-refractivity contribution in [2.24, 2.45) is 0 Å². The Labute approximate surface area is 183 Å². The second kappa shape index (κ2) is 8.16. The van der Waals surface area contributed by atoms with Gasteiger partial charge in [-0.3, -0.25) is 19.7 Å². The summed E-state index contributed by atoms with van der Waals surface area (Å²) in [6, 6.07) is 22.7. The molecule has 0 radical (unpaired) electrons. The summed E-state index contributed by atoms with van der Waals surface area (Å²) in [5, 5.41) is 20.1. The highest BCUT2D eigenvalue weighted by molar-refractivity contribution is 6.46. The molecule has 0 bridgehead atoms. The zero-order valence-electron chi connectivity index (χ0n) is 16.9. The molecular formula is C24H16N4O4. The number of nitro benzene ring substituents is 1. The summed E-state index contributed by atoms with van der Waals surface area (Å²) in [7, 11) is 1.68. The summed E-state index contributed by atoms with van der Waals surface area (Å²) in [6.45, 7) is 0. The Bertz CT molecular complexity index is 1290. The number of nitrogens with zero attached hydrogens (tertiary/aromatic N) is 4. The lowest BCUT2D eigenvalue weighted by molar-refractivity contribution is -0.384. The fraction of sp³-hybridized carbons (Fsp3) is 0.0417. The molecule has 3 aromatic carbocycles. The van der Waals surface area contributed by atoms with Gasteiger partial charge in [-0.25, -0.2) is 4.90 Å². The standard InChI is InChI=1S/C24H16N4O4/c1-26(18-5-3-2-4-6-18)22-21(17-9-13-20(14-10-17)28(31)32)23(29)27(24(22)30)19-11-7-16(15-25)8-12-19/h2-14H,1H3. The van der Waals surface area contributed by atoms with Crippen LogP contribution in [0.15, 0.2) is 84.6 Å². The number of carbonyl (C=O) groups excluding carboxylic acids is 2. The smallest absolute Gasteiger partial charge is 0.282 e. The number of carbonyl (C=O) groups is 2. The Balaban J connectivity index is 1.85. The number of likely N-dealkylation sites (N-methyl/N-ethyl adjacent to an activating group) is 1. The van der Waals surface area contributed by atoms with Crippen molar-refractivity contribution in [3.63, 3.8) is 0 Å². The van der Waals surface area contributed by atoms with E-state index in [9.17, 15) is 19.7 Å². The number of anilines is 2. The normalized spacial score (nSPS) is 13.3. The van der Waals surface area contributed by atoms with Crippen LogP contribution in [0.2, 0.25) is 0 Å². The number of hydrogen-bond donors (Lipinski definition) is 0. The molecule has 1 heterocycles. The van der Waals surface area contributed by atoms with E-state index in [1.54, 1.807) is 11.9 Å². The van der Waals surface area contributed by atoms with E-state index in [-0.39, 0.29) is 17.0 Å². The summed E-state index contributed by atoms with van der Waals surface area (Å²) < 4.78 is 0. The van der Waals surface area contributed by atoms with Gasteiger partial charge in [0, 0.05) is 24.9 Å². The lowest BCUT2D eigenvalue weighted by Crippen LogP contribution is -2.34. The van der Waals surface area contributed by atoms with Crippen molar-refractivity contribution in [2.45, 2.75) is 0 Å². The Morgan fingerprint density at radius 3 is 2.09 bits per heavy atom. The molecule has 0 unspecified atom stereocenters. The Hall–Kier alpha value is -4.77. The molecule has 0 N–H and O–H groups in total. The zero-order valence-corrected chi connectivity index (χ0v) is 16.9. The largest absolute Gasteiger partial charge is 0.339 e. The first kappa shape index (κ1) is 20.5. The molecule has 0 aliphatic carbocycles. The summed E-state index contributed by atoms with van der Waals surface area (Å²) in [6.07, 6.45) is 0. The average molecular weight is 424 g/mol. The fourth-order valence-electron chi connectivity index (χ4n) is 3.54. The summed E-state index contributed by atoms with van der Waals surface area (Å²) in [4.78, 5) is 40.1. The van der Waals surface area contributed by atoms with Crippen molar-refractivity contribution in [1.29, 1.82) is 5.26 Å². The molecule has 8 nitrogen and oxygen atoms in total. The summed E-state index contributed by atoms with van der Waals surface area (Å²) in [5.41, 5.74) is 1.99. The minimum Gasteiger partial charge on any atom is -0.339 e. The molecule has 156 valence electrons. The van der Waals surface area contributed by atoms with Crippen LogP contribution in [0, 0.1) is 21.4 Å². The predicted octanol–water partition coefficient (Wildman–Crippen LogP) is 3.89. The van der Waals surface area contributed by atoms with Gasteiger partial charge >= 0.3 is 0 Å². The van der Waals surface area contributed by atoms with Crippen molar-refractivity contribution in [3.8, 4) is 6.07 Å². The first-order chi connectivity index (χ1) is 15.4. The summed E-state index contributed by atoms with van der Waals surface area (Å²) >= 11 is 0. The van der Waals surface area contributed by atoms with Crippen molar-refractivity contribution in [3.05, 3.63) is 106 Å². The molecule has 1 aliphatic heterocycles. The quantitative estimate of drug-likeness (QED) is 0.349. The van der Waals surface area contributed by atoms with Crippen LogP contribution in [0.5, 0.6) is 0 Å². The molecule has 0 saturated heterocycles. The van der Waals surface area contributed by atoms with Gasteiger partial charge in [0.1, 0.15) is 5.70 Å². The number of rotatable bonds is 5. The lowest BCUT2D eigenvalue weighted by atomic mass is 10.0. The van der Waals surface area contributed by atoms with Gasteiger partial charge < -0.3 is 4.90 Å². The van der Waals surface area contributed by atoms with Crippen LogP contribution in [0.4, 0.5) is 17.1 Å². The van der Waals surface area contributed by atoms with E-state index >= 15 is 0 Å². The highest BCUT2D eigenvalue weighted by Gasteiger charge is 2.42. The van der Waals surface area contributed by atoms with Crippen LogP contribution in [0.1, 0.15) is 11.1 Å². The van der Waals surface area contributed by atoms with Crippen LogP contribution < -0.4 is 9.80 Å². The second-order valence-electron chi connectivity index (χ2n) is 7.03. The van der Waals surface area contributed by atoms with E-state index in [2.05, 4.69) is 0 Å². The molecule has 3 aromatic rings. The Morgan fingerprint density at radius 1 is 0.906 bits per heavy atom. The number of nitro groups is 1. The molecule has 4 rings (SSSR count). The zero-order chi connectivity index (χ0) is 22.8. The van der Waals surface area contributed by atoms with Crippen molar-refractivity contribution in [2.75, 3.05) is 16.8 Å². The number of hydrogen-bond acceptors (Lipinski definition) is 6. The molecule has 0 atom stereocenters. The van der Waals surface area contributed by atoms with E-state index in [0.717, 1.165) is 4.90 Å². The highest BCUT2D eigenvalue weighted by Crippen LogP contribution is 2.36. The van der Waals surface area contributed by atoms with Crippen LogP contribution in [0.25, 0.3) is 5.57 Å². The maximum Gasteiger partial charge on any atom is 0.282 e. The highest BCUT2D eigenvalue weighted by atomic mass is 16.6. The van der Waals surface area contributed by atoms with Crippen molar-refractivity contribution >= 4 is 34.4 Å². The number of nitriles is 1. The van der Waals surface area contributed by atoms with Crippen molar-refractivity contribution in [1.82, 2.24) is 0 Å². The van der Waals surface area contributed by atoms with E-state index in [1.807, 2.05) is 36.4 Å². The molecule has 8 heteroatoms. The van der Waals surface area contributed by atoms with E-state index < -0.39 is 16.7 Å². The predicted molar refractivity (Wildman–Crippen MR) is 119 cm³/mol. The van der Waals surface area contributed by atoms with Gasteiger partial charge in [-0.15, -0.1) is 0 Å². The van der Waals surface area contributed by atoms with Gasteiger partial charge in [0.25, 0.3) is 17.5 Å². The molecular weight excluding hydrogens is 408 g/mol. The molecule has 1 aliphatic rings. The monoisotopic (exact) mass is 424 g/mol. The van der Waals surface area contributed by atoms with Gasteiger partial charge in [0.2, 0.25) is 0 Å². The first-order valence-electron chi connectivity index (χ1n) is 9.59. The Kier molecular flexibility index (Phi) is 5.23. The second-order valence-corrected chi connectivity index (χ2v) is 7.03. The summed E-state index contributed by atoms with van der Waals surface area (Å²) in [5.74, 6) is -1.08. The Morgan fingerprint density at radius 2 is 1.53 bits per heavy atom. The molecule has 0 aromatic heterocycles. The fourth-order valence-corrected chi connectivity index (χ4v) is 3.54. The number of benzene rings is 3. The maximum absolute atomic E-state index is 13.5.